The molecule has 10 heteroatoms. The normalized spacial score (nSPS) is 14.3. The van der Waals surface area contributed by atoms with E-state index in [1.165, 1.54) is 24.8 Å². The van der Waals surface area contributed by atoms with Gasteiger partial charge in [0.25, 0.3) is 5.91 Å². The second kappa shape index (κ2) is 6.62. The van der Waals surface area contributed by atoms with Crippen molar-refractivity contribution in [2.45, 2.75) is 19.5 Å². The summed E-state index contributed by atoms with van der Waals surface area (Å²) in [6.07, 6.45) is 7.85. The van der Waals surface area contributed by atoms with Crippen LogP contribution < -0.4 is 0 Å². The summed E-state index contributed by atoms with van der Waals surface area (Å²) in [5, 5.41) is 11.1. The Kier molecular flexibility index (Phi) is 4.15. The van der Waals surface area contributed by atoms with Crippen LogP contribution in [0.15, 0.2) is 37.1 Å². The first-order chi connectivity index (χ1) is 12.6. The van der Waals surface area contributed by atoms with E-state index in [0.29, 0.717) is 47.6 Å². The fourth-order valence-electron chi connectivity index (χ4n) is 3.04. The molecule has 0 unspecified atom stereocenters. The van der Waals surface area contributed by atoms with Crippen molar-refractivity contribution in [3.05, 3.63) is 48.4 Å². The number of halogens is 2. The molecule has 3 aromatic heterocycles. The summed E-state index contributed by atoms with van der Waals surface area (Å²) in [5.41, 5.74) is 1.77. The molecule has 26 heavy (non-hydrogen) atoms. The van der Waals surface area contributed by atoms with Crippen LogP contribution in [0.3, 0.4) is 0 Å². The second-order valence-electron chi connectivity index (χ2n) is 5.87. The van der Waals surface area contributed by atoms with Crippen molar-refractivity contribution < 1.29 is 13.6 Å². The summed E-state index contributed by atoms with van der Waals surface area (Å²) >= 11 is 0. The number of carbonyl (C=O) groups is 1. The monoisotopic (exact) mass is 359 g/mol. The number of amides is 1. The molecular formula is C16H15F2N7O. The highest BCUT2D eigenvalue weighted by Gasteiger charge is 2.23. The highest BCUT2D eigenvalue weighted by Crippen LogP contribution is 2.24. The van der Waals surface area contributed by atoms with Gasteiger partial charge >= 0.3 is 6.55 Å². The number of hydrogen-bond donors (Lipinski definition) is 0. The molecule has 0 saturated carbocycles. The zero-order valence-corrected chi connectivity index (χ0v) is 13.7. The first-order valence-electron chi connectivity index (χ1n) is 8.06. The lowest BCUT2D eigenvalue weighted by molar-refractivity contribution is 0.0566. The molecule has 0 radical (unpaired) electrons. The highest BCUT2D eigenvalue weighted by molar-refractivity contribution is 5.93. The van der Waals surface area contributed by atoms with Crippen molar-refractivity contribution in [1.82, 2.24) is 34.4 Å². The molecule has 1 aliphatic rings. The molecule has 0 N–H and O–H groups in total. The minimum atomic E-state index is -2.68. The Bertz CT molecular complexity index is 922. The van der Waals surface area contributed by atoms with Crippen LogP contribution in [0.1, 0.15) is 22.7 Å². The molecule has 0 spiro atoms. The maximum absolute atomic E-state index is 12.8. The van der Waals surface area contributed by atoms with E-state index < -0.39 is 6.55 Å². The van der Waals surface area contributed by atoms with Gasteiger partial charge in [0, 0.05) is 37.8 Å². The van der Waals surface area contributed by atoms with Crippen LogP contribution in [-0.2, 0) is 13.0 Å². The molecule has 134 valence electrons. The summed E-state index contributed by atoms with van der Waals surface area (Å²) in [6.45, 7) is -1.15. The predicted molar refractivity (Wildman–Crippen MR) is 86.3 cm³/mol. The van der Waals surface area contributed by atoms with E-state index >= 15 is 0 Å². The van der Waals surface area contributed by atoms with E-state index in [9.17, 15) is 13.6 Å². The lowest BCUT2D eigenvalue weighted by Crippen LogP contribution is -2.33. The number of hydrogen-bond acceptors (Lipinski definition) is 5. The molecule has 0 fully saturated rings. The SMILES string of the molecule is O=C(c1ccnnc1)N1CCc2ncc(-c3cnn(C(F)F)c3)n2CC1. The molecule has 1 amide bonds. The van der Waals surface area contributed by atoms with Gasteiger partial charge in [-0.1, -0.05) is 0 Å². The van der Waals surface area contributed by atoms with Gasteiger partial charge in [-0.15, -0.1) is 0 Å². The smallest absolute Gasteiger partial charge is 0.333 e. The van der Waals surface area contributed by atoms with Crippen LogP contribution in [0.4, 0.5) is 8.78 Å². The van der Waals surface area contributed by atoms with Crippen molar-refractivity contribution in [3.8, 4) is 11.3 Å². The highest BCUT2D eigenvalue weighted by atomic mass is 19.3. The van der Waals surface area contributed by atoms with E-state index in [1.807, 2.05) is 4.57 Å². The van der Waals surface area contributed by atoms with Gasteiger partial charge < -0.3 is 9.47 Å². The summed E-state index contributed by atoms with van der Waals surface area (Å²) in [7, 11) is 0. The van der Waals surface area contributed by atoms with Crippen molar-refractivity contribution in [1.29, 1.82) is 0 Å². The van der Waals surface area contributed by atoms with Crippen molar-refractivity contribution in [3.63, 3.8) is 0 Å². The third-order valence-corrected chi connectivity index (χ3v) is 4.35. The third-order valence-electron chi connectivity index (χ3n) is 4.35. The molecule has 1 aliphatic heterocycles. The number of alkyl halides is 2. The van der Waals surface area contributed by atoms with Gasteiger partial charge in [0.05, 0.1) is 36.0 Å². The number of imidazole rings is 1. The molecular weight excluding hydrogens is 344 g/mol. The zero-order valence-electron chi connectivity index (χ0n) is 13.7. The van der Waals surface area contributed by atoms with E-state index in [0.717, 1.165) is 5.82 Å². The van der Waals surface area contributed by atoms with E-state index in [1.54, 1.807) is 17.2 Å². The van der Waals surface area contributed by atoms with Gasteiger partial charge in [-0.2, -0.15) is 24.1 Å². The van der Waals surface area contributed by atoms with Crippen LogP contribution in [0.2, 0.25) is 0 Å². The van der Waals surface area contributed by atoms with Gasteiger partial charge in [-0.05, 0) is 6.07 Å². The molecule has 4 heterocycles. The second-order valence-corrected chi connectivity index (χ2v) is 5.87. The fraction of sp³-hybridized carbons (Fsp3) is 0.312. The summed E-state index contributed by atoms with van der Waals surface area (Å²) in [4.78, 5) is 18.7. The number of rotatable bonds is 3. The van der Waals surface area contributed by atoms with Gasteiger partial charge in [0.2, 0.25) is 0 Å². The average molecular weight is 359 g/mol. The van der Waals surface area contributed by atoms with E-state index in [4.69, 9.17) is 0 Å². The molecule has 0 aliphatic carbocycles. The van der Waals surface area contributed by atoms with Crippen LogP contribution in [0, 0.1) is 0 Å². The van der Waals surface area contributed by atoms with E-state index in [-0.39, 0.29) is 5.91 Å². The van der Waals surface area contributed by atoms with Crippen molar-refractivity contribution in [2.24, 2.45) is 0 Å². The number of fused-ring (bicyclic) bond motifs is 1. The van der Waals surface area contributed by atoms with Gasteiger partial charge in [0.1, 0.15) is 5.82 Å². The standard InChI is InChI=1S/C16H15F2N7O/c17-16(18)25-10-12(8-22-25)13-9-19-14-2-4-23(5-6-24(13)14)15(26)11-1-3-20-21-7-11/h1,3,7-10,16H,2,4-6H2. The molecule has 0 aromatic carbocycles. The van der Waals surface area contributed by atoms with Gasteiger partial charge in [-0.25, -0.2) is 9.67 Å². The largest absolute Gasteiger partial charge is 0.336 e. The summed E-state index contributed by atoms with van der Waals surface area (Å²) in [5.74, 6) is 0.700. The maximum Gasteiger partial charge on any atom is 0.333 e. The Hall–Kier alpha value is -3.17. The Morgan fingerprint density at radius 2 is 2.00 bits per heavy atom. The third kappa shape index (κ3) is 2.93. The predicted octanol–water partition coefficient (Wildman–Crippen LogP) is 1.63. The zero-order chi connectivity index (χ0) is 18.1. The first kappa shape index (κ1) is 16.3. The minimum absolute atomic E-state index is 0.113. The molecule has 0 atom stereocenters. The Morgan fingerprint density at radius 3 is 2.73 bits per heavy atom. The number of aromatic nitrogens is 6. The molecule has 3 aromatic rings. The molecule has 4 rings (SSSR count). The van der Waals surface area contributed by atoms with Crippen molar-refractivity contribution >= 4 is 5.91 Å². The Labute approximate surface area is 147 Å². The molecule has 0 saturated heterocycles. The van der Waals surface area contributed by atoms with E-state index in [2.05, 4.69) is 20.3 Å². The quantitative estimate of drug-likeness (QED) is 0.710. The Balaban J connectivity index is 1.55. The first-order valence-corrected chi connectivity index (χ1v) is 8.06. The summed E-state index contributed by atoms with van der Waals surface area (Å²) in [6, 6.07) is 1.63. The lowest BCUT2D eigenvalue weighted by Gasteiger charge is -2.19. The molecule has 0 bridgehead atoms. The van der Waals surface area contributed by atoms with Gasteiger partial charge in [0.15, 0.2) is 0 Å². The van der Waals surface area contributed by atoms with Crippen LogP contribution in [0.5, 0.6) is 0 Å². The van der Waals surface area contributed by atoms with Crippen LogP contribution in [0.25, 0.3) is 11.3 Å². The van der Waals surface area contributed by atoms with Crippen LogP contribution in [-0.4, -0.2) is 53.4 Å². The van der Waals surface area contributed by atoms with Crippen LogP contribution >= 0.6 is 0 Å². The fourth-order valence-corrected chi connectivity index (χ4v) is 3.04. The number of carbonyl (C=O) groups excluding carboxylic acids is 1. The maximum atomic E-state index is 12.8. The lowest BCUT2D eigenvalue weighted by atomic mass is 10.2. The number of nitrogens with zero attached hydrogens (tertiary/aromatic N) is 7. The average Bonchev–Trinajstić information content (AvgIpc) is 3.24. The Morgan fingerprint density at radius 1 is 1.12 bits per heavy atom. The molecule has 8 nitrogen and oxygen atoms in total. The minimum Gasteiger partial charge on any atom is -0.336 e. The van der Waals surface area contributed by atoms with Gasteiger partial charge in [-0.3, -0.25) is 4.79 Å². The summed E-state index contributed by atoms with van der Waals surface area (Å²) < 4.78 is 28.1. The van der Waals surface area contributed by atoms with Crippen molar-refractivity contribution in [2.75, 3.05) is 13.1 Å². The topological polar surface area (TPSA) is 81.7 Å².